The maximum Gasteiger partial charge on any atom is 3.00 e. The van der Waals surface area contributed by atoms with Crippen LogP contribution in [0.2, 0.25) is 0 Å². The van der Waals surface area contributed by atoms with Gasteiger partial charge in [0.1, 0.15) is 0 Å². The van der Waals surface area contributed by atoms with Crippen molar-refractivity contribution in [2.75, 3.05) is 7.11 Å². The zero-order chi connectivity index (χ0) is 13.0. The van der Waals surface area contributed by atoms with Gasteiger partial charge in [-0.05, 0) is 23.7 Å². The van der Waals surface area contributed by atoms with Crippen LogP contribution in [0.3, 0.4) is 0 Å². The minimum absolute atomic E-state index is 0. The molecule has 3 atom stereocenters. The molecule has 0 aromatic heterocycles. The van der Waals surface area contributed by atoms with E-state index in [1.54, 1.807) is 0 Å². The molecule has 0 radical (unpaired) electrons. The zero-order valence-electron chi connectivity index (χ0n) is 11.8. The van der Waals surface area contributed by atoms with Crippen LogP contribution in [0.5, 0.6) is 0 Å². The second-order valence-corrected chi connectivity index (χ2v) is 3.75. The molecule has 1 aliphatic carbocycles. The Morgan fingerprint density at radius 1 is 1.12 bits per heavy atom. The van der Waals surface area contributed by atoms with Gasteiger partial charge in [-0.2, -0.15) is 0 Å². The Morgan fingerprint density at radius 3 is 1.47 bits per heavy atom. The standard InChI is InChI=1S/C9H18.CH4O.2CHO.CH3.Ir/c1-5-8-7(4)9(8)6(2)3;3*1-2;;/h6-9H,5H2,1-4H3;2H,1H3;2*1H;1H3;/q;;3*-1;+3. The number of aliphatic hydroxyl groups excluding tert-OH is 1. The van der Waals surface area contributed by atoms with Crippen LogP contribution in [0.1, 0.15) is 34.1 Å². The summed E-state index contributed by atoms with van der Waals surface area (Å²) in [5.41, 5.74) is 0. The largest absolute Gasteiger partial charge is 3.00 e. The summed E-state index contributed by atoms with van der Waals surface area (Å²) in [7, 11) is 1.00. The monoisotopic (exact) mass is 424 g/mol. The fraction of sp³-hybridized carbons (Fsp3) is 0.769. The predicted molar refractivity (Wildman–Crippen MR) is 69.3 cm³/mol. The molecule has 0 aliphatic heterocycles. The summed E-state index contributed by atoms with van der Waals surface area (Å²) >= 11 is 0. The van der Waals surface area contributed by atoms with Gasteiger partial charge in [0, 0.05) is 7.11 Å². The molecule has 0 amide bonds. The molecule has 0 spiro atoms. The van der Waals surface area contributed by atoms with Crippen LogP contribution in [-0.4, -0.2) is 25.8 Å². The van der Waals surface area contributed by atoms with Crippen LogP contribution in [0, 0.1) is 31.1 Å². The van der Waals surface area contributed by atoms with Crippen LogP contribution < -0.4 is 0 Å². The molecule has 106 valence electrons. The predicted octanol–water partition coefficient (Wildman–Crippen LogP) is 2.44. The van der Waals surface area contributed by atoms with E-state index < -0.39 is 0 Å². The molecule has 1 rings (SSSR count). The SMILES string of the molecule is CCC1C(C)C1C(C)C.CO.[CH-]=O.[CH-]=O.[CH3-].[Ir+3]. The normalized spacial score (nSPS) is 22.9. The quantitative estimate of drug-likeness (QED) is 0.548. The molecular weight excluding hydrogens is 396 g/mol. The summed E-state index contributed by atoms with van der Waals surface area (Å²) in [5.74, 6) is 4.06. The molecule has 1 aliphatic rings. The maximum atomic E-state index is 7.75. The Morgan fingerprint density at radius 2 is 1.41 bits per heavy atom. The van der Waals surface area contributed by atoms with E-state index in [0.717, 1.165) is 30.8 Å². The first kappa shape index (κ1) is 30.2. The summed E-state index contributed by atoms with van der Waals surface area (Å²) in [6.45, 7) is 15.9. The Hall–Kier alpha value is -0.0506. The van der Waals surface area contributed by atoms with Gasteiger partial charge in [-0.1, -0.05) is 34.1 Å². The first-order chi connectivity index (χ1) is 7.18. The fourth-order valence-electron chi connectivity index (χ4n) is 2.33. The van der Waals surface area contributed by atoms with Gasteiger partial charge in [0.15, 0.2) is 0 Å². The summed E-state index contributed by atoms with van der Waals surface area (Å²) in [4.78, 5) is 15.5. The molecule has 0 heterocycles. The molecule has 1 saturated carbocycles. The Bertz CT molecular complexity index is 130. The van der Waals surface area contributed by atoms with E-state index in [9.17, 15) is 0 Å². The summed E-state index contributed by atoms with van der Waals surface area (Å²) in [6, 6.07) is 0. The number of aliphatic hydroxyl groups is 1. The van der Waals surface area contributed by atoms with Gasteiger partial charge in [0.25, 0.3) is 0 Å². The summed E-state index contributed by atoms with van der Waals surface area (Å²) < 4.78 is 0. The third kappa shape index (κ3) is 12.2. The molecular formula is C13H27IrO3. The smallest absolute Gasteiger partial charge is 0.545 e. The van der Waals surface area contributed by atoms with Crippen molar-refractivity contribution in [3.8, 4) is 0 Å². The van der Waals surface area contributed by atoms with Gasteiger partial charge in [-0.15, -0.1) is 0 Å². The molecule has 1 fully saturated rings. The number of rotatable bonds is 2. The minimum atomic E-state index is 0. The molecule has 0 saturated heterocycles. The van der Waals surface area contributed by atoms with Crippen LogP contribution in [0.4, 0.5) is 0 Å². The van der Waals surface area contributed by atoms with Crippen molar-refractivity contribution in [3.05, 3.63) is 7.43 Å². The molecule has 3 unspecified atom stereocenters. The van der Waals surface area contributed by atoms with Crippen molar-refractivity contribution >= 4 is 13.6 Å². The van der Waals surface area contributed by atoms with Crippen molar-refractivity contribution in [3.63, 3.8) is 0 Å². The number of hydrogen-bond acceptors (Lipinski definition) is 3. The van der Waals surface area contributed by atoms with Crippen LogP contribution in [0.15, 0.2) is 0 Å². The molecule has 0 aromatic carbocycles. The Balaban J connectivity index is -0.0000000530. The van der Waals surface area contributed by atoms with Crippen LogP contribution >= 0.6 is 0 Å². The zero-order valence-corrected chi connectivity index (χ0v) is 14.2. The van der Waals surface area contributed by atoms with Crippen molar-refractivity contribution in [1.82, 2.24) is 0 Å². The van der Waals surface area contributed by atoms with E-state index in [4.69, 9.17) is 14.7 Å². The fourth-order valence-corrected chi connectivity index (χ4v) is 2.33. The van der Waals surface area contributed by atoms with E-state index in [1.165, 1.54) is 6.42 Å². The third-order valence-electron chi connectivity index (χ3n) is 2.88. The van der Waals surface area contributed by atoms with Gasteiger partial charge in [-0.3, -0.25) is 13.6 Å². The molecule has 0 bridgehead atoms. The van der Waals surface area contributed by atoms with E-state index >= 15 is 0 Å². The average Bonchev–Trinajstić information content (AvgIpc) is 2.98. The summed E-state index contributed by atoms with van der Waals surface area (Å²) in [5, 5.41) is 7.00. The second-order valence-electron chi connectivity index (χ2n) is 3.75. The van der Waals surface area contributed by atoms with Crippen molar-refractivity contribution in [1.29, 1.82) is 0 Å². The molecule has 17 heavy (non-hydrogen) atoms. The molecule has 0 aromatic rings. The Kier molecular flexibility index (Phi) is 37.8. The van der Waals surface area contributed by atoms with Crippen molar-refractivity contribution in [2.45, 2.75) is 34.1 Å². The van der Waals surface area contributed by atoms with Crippen molar-refractivity contribution in [2.24, 2.45) is 23.7 Å². The molecule has 3 nitrogen and oxygen atoms in total. The van der Waals surface area contributed by atoms with E-state index in [2.05, 4.69) is 41.3 Å². The average molecular weight is 424 g/mol. The molecule has 4 heteroatoms. The summed E-state index contributed by atoms with van der Waals surface area (Å²) in [6.07, 6.45) is 1.39. The topological polar surface area (TPSA) is 54.4 Å². The second kappa shape index (κ2) is 21.3. The van der Waals surface area contributed by atoms with E-state index in [1.807, 2.05) is 0 Å². The van der Waals surface area contributed by atoms with E-state index in [0.29, 0.717) is 0 Å². The van der Waals surface area contributed by atoms with Crippen LogP contribution in [-0.2, 0) is 29.7 Å². The molecule has 1 N–H and O–H groups in total. The van der Waals surface area contributed by atoms with Gasteiger partial charge >= 0.3 is 20.1 Å². The van der Waals surface area contributed by atoms with Gasteiger partial charge in [0.2, 0.25) is 0 Å². The van der Waals surface area contributed by atoms with Gasteiger partial charge in [-0.25, -0.2) is 0 Å². The maximum absolute atomic E-state index is 7.75. The van der Waals surface area contributed by atoms with E-state index in [-0.39, 0.29) is 27.5 Å². The number of carbonyl (C=O) groups excluding carboxylic acids is 2. The number of hydrogen-bond donors (Lipinski definition) is 1. The van der Waals surface area contributed by atoms with Crippen LogP contribution in [0.25, 0.3) is 0 Å². The minimum Gasteiger partial charge on any atom is -0.545 e. The first-order valence-electron chi connectivity index (χ1n) is 5.10. The Labute approximate surface area is 121 Å². The van der Waals surface area contributed by atoms with Gasteiger partial charge < -0.3 is 22.1 Å². The first-order valence-corrected chi connectivity index (χ1v) is 5.10. The van der Waals surface area contributed by atoms with Gasteiger partial charge in [0.05, 0.1) is 0 Å². The van der Waals surface area contributed by atoms with Crippen molar-refractivity contribution < 1.29 is 34.8 Å². The third-order valence-corrected chi connectivity index (χ3v) is 2.88.